The smallest absolute Gasteiger partial charge is 0.271 e. The molecule has 0 heterocycles. The van der Waals surface area contributed by atoms with Crippen LogP contribution in [-0.2, 0) is 14.2 Å². The third-order valence-electron chi connectivity index (χ3n) is 0.908. The normalized spacial score (nSPS) is 11.1. The molecule has 10 heavy (non-hydrogen) atoms. The molecule has 0 rings (SSSR count). The van der Waals surface area contributed by atoms with Crippen molar-refractivity contribution in [3.8, 4) is 0 Å². The van der Waals surface area contributed by atoms with E-state index in [-0.39, 0.29) is 0 Å². The van der Waals surface area contributed by atoms with Crippen molar-refractivity contribution in [2.24, 2.45) is 0 Å². The van der Waals surface area contributed by atoms with E-state index >= 15 is 0 Å². The molecular weight excluding hydrogens is 148 g/mol. The molecule has 3 nitrogen and oxygen atoms in total. The van der Waals surface area contributed by atoms with Gasteiger partial charge in [-0.05, 0) is 13.8 Å². The van der Waals surface area contributed by atoms with Gasteiger partial charge in [0, 0.05) is 29.7 Å². The van der Waals surface area contributed by atoms with Crippen LogP contribution in [-0.4, -0.2) is 36.2 Å². The summed E-state index contributed by atoms with van der Waals surface area (Å²) in [6, 6.07) is 0. The van der Waals surface area contributed by atoms with E-state index in [2.05, 4.69) is 0 Å². The third-order valence-corrected chi connectivity index (χ3v) is 1.24. The Hall–Kier alpha value is 0.0969. The molecule has 0 aromatic heterocycles. The van der Waals surface area contributed by atoms with E-state index in [1.807, 2.05) is 13.8 Å². The Bertz CT molecular complexity index is 55.7. The molecule has 0 aliphatic heterocycles. The van der Waals surface area contributed by atoms with E-state index in [0.717, 1.165) is 16.5 Å². The fourth-order valence-corrected chi connectivity index (χ4v) is 0.825. The highest BCUT2D eigenvalue weighted by atomic mass is 28.1. The van der Waals surface area contributed by atoms with Crippen molar-refractivity contribution in [3.63, 3.8) is 0 Å². The monoisotopic (exact) mass is 164 g/mol. The average molecular weight is 164 g/mol. The van der Waals surface area contributed by atoms with E-state index in [1.165, 1.54) is 0 Å². The predicted molar refractivity (Wildman–Crippen MR) is 42.9 cm³/mol. The highest BCUT2D eigenvalue weighted by Gasteiger charge is 2.04. The quantitative estimate of drug-likeness (QED) is 0.398. The van der Waals surface area contributed by atoms with Gasteiger partial charge >= 0.3 is 0 Å². The summed E-state index contributed by atoms with van der Waals surface area (Å²) in [5.41, 5.74) is 0. The fraction of sp³-hybridized carbons (Fsp3) is 1.00. The summed E-state index contributed by atoms with van der Waals surface area (Å²) >= 11 is 0. The van der Waals surface area contributed by atoms with Crippen LogP contribution in [0.25, 0.3) is 0 Å². The zero-order valence-electron chi connectivity index (χ0n) is 6.92. The lowest BCUT2D eigenvalue weighted by Crippen LogP contribution is -2.21. The van der Waals surface area contributed by atoms with Gasteiger partial charge in [0.1, 0.15) is 0 Å². The Morgan fingerprint density at radius 3 is 1.90 bits per heavy atom. The minimum Gasteiger partial charge on any atom is -0.334 e. The van der Waals surface area contributed by atoms with E-state index in [1.54, 1.807) is 0 Å². The molecule has 0 spiro atoms. The van der Waals surface area contributed by atoms with Gasteiger partial charge in [-0.25, -0.2) is 0 Å². The highest BCUT2D eigenvalue weighted by molar-refractivity contribution is 6.08. The van der Waals surface area contributed by atoms with Crippen LogP contribution in [0.5, 0.6) is 0 Å². The first-order valence-electron chi connectivity index (χ1n) is 3.69. The van der Waals surface area contributed by atoms with E-state index < -0.39 is 6.48 Å². The second-order valence-corrected chi connectivity index (χ2v) is 2.23. The maximum Gasteiger partial charge on any atom is 0.271 e. The van der Waals surface area contributed by atoms with Crippen molar-refractivity contribution in [2.45, 2.75) is 20.3 Å². The molecule has 0 unspecified atom stereocenters. The van der Waals surface area contributed by atoms with E-state index in [9.17, 15) is 0 Å². The number of rotatable bonds is 6. The van der Waals surface area contributed by atoms with Crippen molar-refractivity contribution in [1.82, 2.24) is 0 Å². The Balaban J connectivity index is 3.30. The van der Waals surface area contributed by atoms with Gasteiger partial charge in [0.05, 0.1) is 0 Å². The second kappa shape index (κ2) is 7.21. The van der Waals surface area contributed by atoms with Crippen molar-refractivity contribution in [2.75, 3.05) is 19.4 Å². The van der Waals surface area contributed by atoms with Crippen LogP contribution in [0.2, 0.25) is 0 Å². The van der Waals surface area contributed by atoms with Gasteiger partial charge in [-0.3, -0.25) is 0 Å². The predicted octanol–water partition coefficient (Wildman–Crippen LogP) is -0.317. The first kappa shape index (κ1) is 10.1. The van der Waals surface area contributed by atoms with Gasteiger partial charge in [-0.1, -0.05) is 0 Å². The average Bonchev–Trinajstić information content (AvgIpc) is 1.90. The summed E-state index contributed by atoms with van der Waals surface area (Å²) in [5.74, 6) is 0. The second-order valence-electron chi connectivity index (χ2n) is 1.65. The molecule has 0 atom stereocenters. The summed E-state index contributed by atoms with van der Waals surface area (Å²) < 4.78 is 15.3. The van der Waals surface area contributed by atoms with Crippen LogP contribution >= 0.6 is 0 Å². The summed E-state index contributed by atoms with van der Waals surface area (Å²) in [5, 5.41) is 0. The third kappa shape index (κ3) is 4.93. The molecule has 0 fully saturated rings. The van der Waals surface area contributed by atoms with Gasteiger partial charge in [0.15, 0.2) is 0 Å². The number of hydrogen-bond acceptors (Lipinski definition) is 3. The maximum atomic E-state index is 5.14. The van der Waals surface area contributed by atoms with Crippen molar-refractivity contribution < 1.29 is 14.2 Å². The van der Waals surface area contributed by atoms with Gasteiger partial charge in [-0.2, -0.15) is 0 Å². The lowest BCUT2D eigenvalue weighted by molar-refractivity contribution is -0.277. The zero-order chi connectivity index (χ0) is 7.82. The molecule has 0 N–H and O–H groups in total. The Labute approximate surface area is 65.1 Å². The van der Waals surface area contributed by atoms with Crippen LogP contribution < -0.4 is 0 Å². The molecule has 0 aliphatic carbocycles. The molecule has 0 saturated heterocycles. The number of hydrogen-bond donors (Lipinski definition) is 0. The van der Waals surface area contributed by atoms with Gasteiger partial charge in [-0.15, -0.1) is 0 Å². The lowest BCUT2D eigenvalue weighted by atomic mass is 10.8. The zero-order valence-corrected chi connectivity index (χ0v) is 8.92. The molecular formula is C6H16O3Si. The first-order chi connectivity index (χ1) is 4.85. The van der Waals surface area contributed by atoms with Crippen molar-refractivity contribution >= 4 is 10.2 Å². The Morgan fingerprint density at radius 1 is 1.10 bits per heavy atom. The molecule has 0 saturated carbocycles. The Kier molecular flexibility index (Phi) is 7.28. The summed E-state index contributed by atoms with van der Waals surface area (Å²) in [4.78, 5) is 0. The van der Waals surface area contributed by atoms with Crippen LogP contribution in [0.3, 0.4) is 0 Å². The lowest BCUT2D eigenvalue weighted by Gasteiger charge is -2.15. The SMILES string of the molecule is CCOC(OCC)OC[SiH3]. The summed E-state index contributed by atoms with van der Waals surface area (Å²) in [6.07, 6.45) is 0.755. The van der Waals surface area contributed by atoms with Crippen LogP contribution in [0.4, 0.5) is 0 Å². The van der Waals surface area contributed by atoms with Gasteiger partial charge in [0.25, 0.3) is 6.48 Å². The molecule has 0 radical (unpaired) electrons. The molecule has 62 valence electrons. The fourth-order valence-electron chi connectivity index (χ4n) is 0.553. The largest absolute Gasteiger partial charge is 0.334 e. The van der Waals surface area contributed by atoms with Crippen LogP contribution in [0.1, 0.15) is 13.8 Å². The molecule has 0 bridgehead atoms. The first-order valence-corrected chi connectivity index (χ1v) is 5.11. The summed E-state index contributed by atoms with van der Waals surface area (Å²) in [6.45, 7) is 4.66. The van der Waals surface area contributed by atoms with Gasteiger partial charge in [0.2, 0.25) is 0 Å². The number of ether oxygens (including phenoxy) is 3. The summed E-state index contributed by atoms with van der Waals surface area (Å²) in [7, 11) is 1.02. The molecule has 4 heteroatoms. The van der Waals surface area contributed by atoms with Crippen LogP contribution in [0, 0.1) is 0 Å². The van der Waals surface area contributed by atoms with Crippen molar-refractivity contribution in [1.29, 1.82) is 0 Å². The standard InChI is InChI=1S/C6H16O3Si/c1-3-7-6(8-4-2)9-5-10/h6H,3-5H2,1-2,10H3. The molecule has 0 aliphatic rings. The molecule has 0 aromatic carbocycles. The van der Waals surface area contributed by atoms with Crippen molar-refractivity contribution in [3.05, 3.63) is 0 Å². The van der Waals surface area contributed by atoms with Gasteiger partial charge < -0.3 is 14.2 Å². The van der Waals surface area contributed by atoms with E-state index in [0.29, 0.717) is 13.2 Å². The topological polar surface area (TPSA) is 27.7 Å². The van der Waals surface area contributed by atoms with Crippen LogP contribution in [0.15, 0.2) is 0 Å². The van der Waals surface area contributed by atoms with E-state index in [4.69, 9.17) is 14.2 Å². The minimum absolute atomic E-state index is 0.438. The molecule has 0 aromatic rings. The highest BCUT2D eigenvalue weighted by Crippen LogP contribution is 1.95. The minimum atomic E-state index is -0.438. The Morgan fingerprint density at radius 2 is 1.60 bits per heavy atom. The maximum absolute atomic E-state index is 5.14. The molecule has 0 amide bonds.